The highest BCUT2D eigenvalue weighted by molar-refractivity contribution is 5.86. The van der Waals surface area contributed by atoms with Crippen molar-refractivity contribution < 1.29 is 14.7 Å². The van der Waals surface area contributed by atoms with Crippen LogP contribution >= 0.6 is 0 Å². The van der Waals surface area contributed by atoms with Crippen molar-refractivity contribution in [3.63, 3.8) is 0 Å². The van der Waals surface area contributed by atoms with E-state index < -0.39 is 12.0 Å². The van der Waals surface area contributed by atoms with Crippen LogP contribution in [0, 0.1) is 0 Å². The van der Waals surface area contributed by atoms with Crippen LogP contribution < -0.4 is 5.73 Å². The van der Waals surface area contributed by atoms with Gasteiger partial charge in [0.25, 0.3) is 0 Å². The van der Waals surface area contributed by atoms with Crippen LogP contribution in [0.4, 0.5) is 0 Å². The summed E-state index contributed by atoms with van der Waals surface area (Å²) >= 11 is 0. The molecule has 1 aliphatic rings. The van der Waals surface area contributed by atoms with E-state index in [0.29, 0.717) is 13.0 Å². The second kappa shape index (κ2) is 2.87. The highest BCUT2D eigenvalue weighted by Crippen LogP contribution is 2.07. The van der Waals surface area contributed by atoms with Gasteiger partial charge in [-0.1, -0.05) is 0 Å². The van der Waals surface area contributed by atoms with Crippen LogP contribution in [0.5, 0.6) is 0 Å². The summed E-state index contributed by atoms with van der Waals surface area (Å²) in [5, 5.41) is 8.34. The third-order valence-corrected chi connectivity index (χ3v) is 1.67. The van der Waals surface area contributed by atoms with Crippen molar-refractivity contribution in [2.24, 2.45) is 5.73 Å². The van der Waals surface area contributed by atoms with Crippen LogP contribution in [0.3, 0.4) is 0 Å². The van der Waals surface area contributed by atoms with Crippen LogP contribution in [0.25, 0.3) is 0 Å². The summed E-state index contributed by atoms with van der Waals surface area (Å²) in [5.41, 5.74) is 5.36. The number of amides is 1. The highest BCUT2D eigenvalue weighted by Gasteiger charge is 2.29. The predicted octanol–water partition coefficient (Wildman–Crippen LogP) is -1.37. The molecule has 62 valence electrons. The molecule has 0 aromatic rings. The molecule has 1 aliphatic heterocycles. The van der Waals surface area contributed by atoms with Gasteiger partial charge >= 0.3 is 5.97 Å². The number of nitrogens with two attached hydrogens (primary N) is 1. The van der Waals surface area contributed by atoms with Crippen molar-refractivity contribution in [1.29, 1.82) is 0 Å². The number of carbonyl (C=O) groups is 2. The monoisotopic (exact) mass is 158 g/mol. The quantitative estimate of drug-likeness (QED) is 0.519. The summed E-state index contributed by atoms with van der Waals surface area (Å²) in [6, 6.07) is -0.491. The maximum Gasteiger partial charge on any atom is 0.323 e. The van der Waals surface area contributed by atoms with Crippen LogP contribution in [-0.2, 0) is 9.59 Å². The van der Waals surface area contributed by atoms with Gasteiger partial charge in [0.2, 0.25) is 5.91 Å². The smallest absolute Gasteiger partial charge is 0.323 e. The second-order valence-corrected chi connectivity index (χ2v) is 2.55. The number of rotatable bonds is 2. The number of carbonyl (C=O) groups excluding carboxylic acids is 1. The van der Waals surface area contributed by atoms with E-state index in [1.54, 1.807) is 0 Å². The maximum absolute atomic E-state index is 11.0. The topological polar surface area (TPSA) is 83.6 Å². The van der Waals surface area contributed by atoms with E-state index in [4.69, 9.17) is 10.8 Å². The van der Waals surface area contributed by atoms with Gasteiger partial charge in [0.05, 0.1) is 6.04 Å². The molecule has 3 N–H and O–H groups in total. The summed E-state index contributed by atoms with van der Waals surface area (Å²) in [6.07, 6.45) is 0.562. The molecule has 1 saturated heterocycles. The lowest BCUT2D eigenvalue weighted by atomic mass is 10.3. The van der Waals surface area contributed by atoms with Gasteiger partial charge in [0.15, 0.2) is 0 Å². The average Bonchev–Trinajstić information content (AvgIpc) is 2.18. The Bertz CT molecular complexity index is 192. The number of carboxylic acids is 1. The Morgan fingerprint density at radius 3 is 2.82 bits per heavy atom. The average molecular weight is 158 g/mol. The van der Waals surface area contributed by atoms with Crippen LogP contribution in [0.2, 0.25) is 0 Å². The molecule has 0 unspecified atom stereocenters. The first kappa shape index (κ1) is 8.00. The van der Waals surface area contributed by atoms with Gasteiger partial charge in [0.1, 0.15) is 6.54 Å². The maximum atomic E-state index is 11.0. The molecule has 1 rings (SSSR count). The minimum Gasteiger partial charge on any atom is -0.480 e. The zero-order valence-corrected chi connectivity index (χ0v) is 5.99. The van der Waals surface area contributed by atoms with Crippen molar-refractivity contribution in [2.75, 3.05) is 13.1 Å². The summed E-state index contributed by atoms with van der Waals surface area (Å²) in [6.45, 7) is 0.235. The molecule has 0 spiro atoms. The number of hydrogen-bond acceptors (Lipinski definition) is 3. The molecule has 1 fully saturated rings. The van der Waals surface area contributed by atoms with E-state index in [0.717, 1.165) is 0 Å². The Hall–Kier alpha value is -1.10. The van der Waals surface area contributed by atoms with E-state index in [1.165, 1.54) is 4.90 Å². The van der Waals surface area contributed by atoms with Gasteiger partial charge in [-0.2, -0.15) is 0 Å². The molecule has 5 nitrogen and oxygen atoms in total. The molecular formula is C6H10N2O3. The molecule has 0 aliphatic carbocycles. The molecule has 1 amide bonds. The SMILES string of the molecule is N[C@@H]1CCN(CC(=O)O)C1=O. The lowest BCUT2D eigenvalue weighted by Crippen LogP contribution is -2.36. The molecule has 11 heavy (non-hydrogen) atoms. The van der Waals surface area contributed by atoms with Crippen LogP contribution in [0.1, 0.15) is 6.42 Å². The van der Waals surface area contributed by atoms with Gasteiger partial charge in [0, 0.05) is 6.54 Å². The molecule has 0 saturated carbocycles. The first-order valence-corrected chi connectivity index (χ1v) is 3.37. The minimum atomic E-state index is -0.993. The number of likely N-dealkylation sites (tertiary alicyclic amines) is 1. The number of aliphatic carboxylic acids is 1. The molecule has 5 heteroatoms. The Morgan fingerprint density at radius 2 is 2.45 bits per heavy atom. The van der Waals surface area contributed by atoms with E-state index in [1.807, 2.05) is 0 Å². The summed E-state index contributed by atoms with van der Waals surface area (Å²) < 4.78 is 0. The van der Waals surface area contributed by atoms with Crippen molar-refractivity contribution in [3.05, 3.63) is 0 Å². The number of hydrogen-bond donors (Lipinski definition) is 2. The van der Waals surface area contributed by atoms with E-state index >= 15 is 0 Å². The summed E-state index contributed by atoms with van der Waals surface area (Å²) in [5.74, 6) is -1.25. The molecule has 0 aromatic heterocycles. The summed E-state index contributed by atoms with van der Waals surface area (Å²) in [4.78, 5) is 22.4. The van der Waals surface area contributed by atoms with Crippen molar-refractivity contribution >= 4 is 11.9 Å². The van der Waals surface area contributed by atoms with Crippen molar-refractivity contribution in [3.8, 4) is 0 Å². The first-order valence-electron chi connectivity index (χ1n) is 3.37. The predicted molar refractivity (Wildman–Crippen MR) is 36.8 cm³/mol. The summed E-state index contributed by atoms with van der Waals surface area (Å²) in [7, 11) is 0. The molecule has 0 aromatic carbocycles. The van der Waals surface area contributed by atoms with Gasteiger partial charge in [-0.25, -0.2) is 0 Å². The normalized spacial score (nSPS) is 24.3. The fourth-order valence-electron chi connectivity index (χ4n) is 1.08. The zero-order valence-electron chi connectivity index (χ0n) is 5.99. The highest BCUT2D eigenvalue weighted by atomic mass is 16.4. The van der Waals surface area contributed by atoms with Gasteiger partial charge < -0.3 is 15.7 Å². The second-order valence-electron chi connectivity index (χ2n) is 2.55. The Labute approximate surface area is 63.8 Å². The Morgan fingerprint density at radius 1 is 1.82 bits per heavy atom. The van der Waals surface area contributed by atoms with Crippen molar-refractivity contribution in [1.82, 2.24) is 4.90 Å². The molecule has 0 bridgehead atoms. The van der Waals surface area contributed by atoms with E-state index in [2.05, 4.69) is 0 Å². The van der Waals surface area contributed by atoms with E-state index in [-0.39, 0.29) is 12.5 Å². The van der Waals surface area contributed by atoms with Gasteiger partial charge in [-0.15, -0.1) is 0 Å². The molecule has 1 atom stereocenters. The van der Waals surface area contributed by atoms with Crippen molar-refractivity contribution in [2.45, 2.75) is 12.5 Å². The fraction of sp³-hybridized carbons (Fsp3) is 0.667. The standard InChI is InChI=1S/C6H10N2O3/c7-4-1-2-8(6(4)11)3-5(9)10/h4H,1-3,7H2,(H,9,10)/t4-/m1/s1. The first-order chi connectivity index (χ1) is 5.11. The lowest BCUT2D eigenvalue weighted by molar-refractivity contribution is -0.142. The Balaban J connectivity index is 2.49. The Kier molecular flexibility index (Phi) is 2.09. The van der Waals surface area contributed by atoms with Gasteiger partial charge in [-0.05, 0) is 6.42 Å². The van der Waals surface area contributed by atoms with E-state index in [9.17, 15) is 9.59 Å². The molecule has 1 heterocycles. The van der Waals surface area contributed by atoms with Crippen LogP contribution in [0.15, 0.2) is 0 Å². The molecule has 0 radical (unpaired) electrons. The van der Waals surface area contributed by atoms with Gasteiger partial charge in [-0.3, -0.25) is 9.59 Å². The van der Waals surface area contributed by atoms with Crippen LogP contribution in [-0.4, -0.2) is 41.0 Å². The largest absolute Gasteiger partial charge is 0.480 e. The third-order valence-electron chi connectivity index (χ3n) is 1.67. The fourth-order valence-corrected chi connectivity index (χ4v) is 1.08. The zero-order chi connectivity index (χ0) is 8.43. The number of carboxylic acid groups (broad SMARTS) is 1. The molecular weight excluding hydrogens is 148 g/mol. The number of nitrogens with zero attached hydrogens (tertiary/aromatic N) is 1. The lowest BCUT2D eigenvalue weighted by Gasteiger charge is -2.11. The third kappa shape index (κ3) is 1.68. The minimum absolute atomic E-state index is 0.230.